The average molecular weight is 1300 g/mol. The fourth-order valence-corrected chi connectivity index (χ4v) is 16.3. The molecule has 3 aliphatic heterocycles. The second-order valence-electron chi connectivity index (χ2n) is 33.9. The predicted octanol–water partition coefficient (Wildman–Crippen LogP) is 17.5. The van der Waals surface area contributed by atoms with E-state index in [0.717, 1.165) is 100 Å². The number of hydrogen-bond donors (Lipinski definition) is 0. The number of ether oxygens (including phenoxy) is 8. The molecule has 0 aromatic rings. The first kappa shape index (κ1) is 77.3. The van der Waals surface area contributed by atoms with Gasteiger partial charge in [-0.05, 0) is 273 Å². The summed E-state index contributed by atoms with van der Waals surface area (Å²) >= 11 is 0. The Morgan fingerprint density at radius 1 is 0.500 bits per heavy atom. The molecule has 7 aliphatic carbocycles. The van der Waals surface area contributed by atoms with Crippen molar-refractivity contribution >= 4 is 41.8 Å². The van der Waals surface area contributed by atoms with E-state index in [1.807, 2.05) is 83.1 Å². The summed E-state index contributed by atoms with van der Waals surface area (Å²) in [5.74, 6) is 4.24. The minimum atomic E-state index is -0.652. The van der Waals surface area contributed by atoms with Crippen molar-refractivity contribution in [3.63, 3.8) is 0 Å². The summed E-state index contributed by atoms with van der Waals surface area (Å²) in [5, 5.41) is 0. The van der Waals surface area contributed by atoms with Crippen LogP contribution in [0.15, 0.2) is 0 Å². The highest BCUT2D eigenvalue weighted by molar-refractivity contribution is 5.81. The van der Waals surface area contributed by atoms with E-state index >= 15 is 0 Å². The molecule has 0 aromatic carbocycles. The van der Waals surface area contributed by atoms with Crippen LogP contribution < -0.4 is 0 Å². The highest BCUT2D eigenvalue weighted by atomic mass is 16.7. The molecule has 0 amide bonds. The molecule has 0 radical (unpaired) electrons. The van der Waals surface area contributed by atoms with Crippen molar-refractivity contribution in [3.8, 4) is 0 Å². The van der Waals surface area contributed by atoms with E-state index in [9.17, 15) is 33.6 Å². The highest BCUT2D eigenvalue weighted by Crippen LogP contribution is 2.71. The number of rotatable bonds is 20. The molecule has 6 bridgehead atoms. The van der Waals surface area contributed by atoms with Gasteiger partial charge in [0.05, 0.1) is 39.1 Å². The molecule has 10 rings (SSSR count). The molecular formula is C77H130O15. The Morgan fingerprint density at radius 2 is 0.978 bits per heavy atom. The Balaban J connectivity index is 0.000000185. The highest BCUT2D eigenvalue weighted by Gasteiger charge is 2.68. The summed E-state index contributed by atoms with van der Waals surface area (Å²) in [6.45, 7) is 39.6. The Labute approximate surface area is 556 Å². The first-order valence-corrected chi connectivity index (χ1v) is 37.1. The number of carbonyl (C=O) groups is 7. The standard InChI is InChI=1S/C20H32O2.C15H20O7.C15H28O2.C14H26O2.C13H24O2/c1-5-19(3,4)18(21)22-20(6-2)11-14-10-15(20)17-13-8-7-12(9-13)16(14)17;1-4-15(2,3)14(18)19-6-9(16)21-11-8-5-7-10(20-8)12(11)22-13(7)17;1-6-14(2,3)13(16)17-15(4,5)12-10-8-7-9-11-12;1-5-13(3,4)12(15)16-14(6-2)10-8-7-9-11-14;1-5-12(2,3)11(14)15-13(4)9-7-6-8-10-13/h12-17H,5-11H2,1-4H3;7-8,10-12H,4-6H2,1-3H3;12H,6-11H2,1-5H3;5-11H2,1-4H3;5-10H2,1-4H3. The van der Waals surface area contributed by atoms with E-state index < -0.39 is 36.2 Å². The SMILES string of the molecule is CCC(C)(C)C(=O)OC(C)(C)C1CCCCC1.CCC(C)(C)C(=O)OC1(C)CCCCC1.CCC(C)(C)C(=O)OC1(CC)CC2CC1C1C3CCC(C3)C21.CCC(C)(C)C(=O)OCC(=O)OC1C2CC3C(=O)OC1C3O2.CCC1(OC(=O)C(C)(C)CC)CCCCC1. The fourth-order valence-electron chi connectivity index (χ4n) is 16.3. The lowest BCUT2D eigenvalue weighted by molar-refractivity contribution is -0.183. The van der Waals surface area contributed by atoms with Gasteiger partial charge in [0, 0.05) is 5.92 Å². The molecule has 12 atom stereocenters. The van der Waals surface area contributed by atoms with Crippen molar-refractivity contribution in [2.75, 3.05) is 6.61 Å². The molecule has 0 aromatic heterocycles. The lowest BCUT2D eigenvalue weighted by Gasteiger charge is -2.46. The van der Waals surface area contributed by atoms with Gasteiger partial charge in [0.1, 0.15) is 28.5 Å². The first-order valence-electron chi connectivity index (χ1n) is 37.1. The van der Waals surface area contributed by atoms with Gasteiger partial charge in [-0.1, -0.05) is 80.6 Å². The van der Waals surface area contributed by atoms with Crippen LogP contribution in [-0.4, -0.2) is 95.2 Å². The molecule has 0 spiro atoms. The Morgan fingerprint density at radius 3 is 1.50 bits per heavy atom. The van der Waals surface area contributed by atoms with Gasteiger partial charge in [-0.25, -0.2) is 4.79 Å². The third kappa shape index (κ3) is 18.1. The summed E-state index contributed by atoms with van der Waals surface area (Å²) < 4.78 is 44.8. The molecule has 7 saturated carbocycles. The van der Waals surface area contributed by atoms with Crippen molar-refractivity contribution in [3.05, 3.63) is 0 Å². The molecule has 92 heavy (non-hydrogen) atoms. The normalized spacial score (nSPS) is 30.7. The van der Waals surface area contributed by atoms with Crippen LogP contribution in [0.1, 0.15) is 318 Å². The van der Waals surface area contributed by atoms with E-state index in [4.69, 9.17) is 37.9 Å². The maximum absolute atomic E-state index is 12.7. The van der Waals surface area contributed by atoms with Gasteiger partial charge < -0.3 is 37.9 Å². The van der Waals surface area contributed by atoms with E-state index in [-0.39, 0.29) is 92.0 Å². The second kappa shape index (κ2) is 31.2. The van der Waals surface area contributed by atoms with Crippen molar-refractivity contribution in [1.29, 1.82) is 0 Å². The van der Waals surface area contributed by atoms with Crippen LogP contribution in [0.2, 0.25) is 0 Å². The van der Waals surface area contributed by atoms with Gasteiger partial charge in [0.2, 0.25) is 0 Å². The molecule has 3 saturated heterocycles. The average Bonchev–Trinajstić information content (AvgIpc) is 1.54. The number of carbonyl (C=O) groups excluding carboxylic acids is 7. The Hall–Kier alpha value is -3.75. The molecule has 10 aliphatic rings. The minimum Gasteiger partial charge on any atom is -0.459 e. The van der Waals surface area contributed by atoms with E-state index in [1.54, 1.807) is 13.8 Å². The first-order chi connectivity index (χ1) is 42.9. The lowest BCUT2D eigenvalue weighted by atomic mass is 9.65. The third-order valence-electron chi connectivity index (χ3n) is 25.3. The minimum absolute atomic E-state index is 0.0150. The summed E-state index contributed by atoms with van der Waals surface area (Å²) in [5.41, 5.74) is -2.76. The number of hydrogen-bond acceptors (Lipinski definition) is 15. The molecule has 15 heteroatoms. The van der Waals surface area contributed by atoms with Crippen LogP contribution >= 0.6 is 0 Å². The quantitative estimate of drug-likeness (QED) is 0.0634. The zero-order valence-electron chi connectivity index (χ0n) is 61.6. The molecule has 0 N–H and O–H groups in total. The van der Waals surface area contributed by atoms with Crippen molar-refractivity contribution in [2.45, 2.75) is 365 Å². The van der Waals surface area contributed by atoms with Crippen molar-refractivity contribution < 1.29 is 71.5 Å². The topological polar surface area (TPSA) is 193 Å². The lowest BCUT2D eigenvalue weighted by Crippen LogP contribution is -2.49. The summed E-state index contributed by atoms with van der Waals surface area (Å²) in [4.78, 5) is 84.1. The molecular weight excluding hydrogens is 1160 g/mol. The molecule has 12 unspecified atom stereocenters. The summed E-state index contributed by atoms with van der Waals surface area (Å²) in [6.07, 6.45) is 29.4. The van der Waals surface area contributed by atoms with Gasteiger partial charge in [-0.3, -0.25) is 28.8 Å². The van der Waals surface area contributed by atoms with Crippen LogP contribution in [0.3, 0.4) is 0 Å². The molecule has 3 heterocycles. The van der Waals surface area contributed by atoms with Gasteiger partial charge in [-0.2, -0.15) is 0 Å². The smallest absolute Gasteiger partial charge is 0.344 e. The van der Waals surface area contributed by atoms with Gasteiger partial charge >= 0.3 is 41.8 Å². The van der Waals surface area contributed by atoms with Crippen molar-refractivity contribution in [2.24, 2.45) is 74.4 Å². The zero-order chi connectivity index (χ0) is 68.6. The Kier molecular flexibility index (Phi) is 26.2. The molecule has 15 nitrogen and oxygen atoms in total. The second-order valence-corrected chi connectivity index (χ2v) is 33.9. The van der Waals surface area contributed by atoms with Gasteiger partial charge in [0.15, 0.2) is 18.8 Å². The maximum atomic E-state index is 12.7. The molecule has 10 fully saturated rings. The summed E-state index contributed by atoms with van der Waals surface area (Å²) in [6, 6.07) is 0. The predicted molar refractivity (Wildman–Crippen MR) is 358 cm³/mol. The number of esters is 7. The Bertz CT molecular complexity index is 2490. The van der Waals surface area contributed by atoms with Crippen LogP contribution in [0.5, 0.6) is 0 Å². The van der Waals surface area contributed by atoms with Crippen molar-refractivity contribution in [1.82, 2.24) is 0 Å². The van der Waals surface area contributed by atoms with E-state index in [0.29, 0.717) is 24.7 Å². The van der Waals surface area contributed by atoms with E-state index in [1.165, 1.54) is 96.3 Å². The zero-order valence-corrected chi connectivity index (χ0v) is 61.6. The molecule has 528 valence electrons. The van der Waals surface area contributed by atoms with E-state index in [2.05, 4.69) is 41.5 Å². The number of fused-ring (bicyclic) bond motifs is 10. The fraction of sp³-hybridized carbons (Fsp3) is 0.909. The third-order valence-corrected chi connectivity index (χ3v) is 25.3. The van der Waals surface area contributed by atoms with Crippen LogP contribution in [0.25, 0.3) is 0 Å². The monoisotopic (exact) mass is 1290 g/mol. The largest absolute Gasteiger partial charge is 0.459 e. The van der Waals surface area contributed by atoms with Gasteiger partial charge in [-0.15, -0.1) is 0 Å². The maximum Gasteiger partial charge on any atom is 0.344 e. The van der Waals surface area contributed by atoms with Crippen LogP contribution in [0, 0.1) is 74.4 Å². The summed E-state index contributed by atoms with van der Waals surface area (Å²) in [7, 11) is 0. The van der Waals surface area contributed by atoms with Crippen LogP contribution in [0.4, 0.5) is 0 Å². The van der Waals surface area contributed by atoms with Crippen LogP contribution in [-0.2, 0) is 71.5 Å². The van der Waals surface area contributed by atoms with Gasteiger partial charge in [0.25, 0.3) is 0 Å².